The van der Waals surface area contributed by atoms with Gasteiger partial charge in [0.15, 0.2) is 0 Å². The third-order valence-corrected chi connectivity index (χ3v) is 2.22. The number of hydrogen-bond donors (Lipinski definition) is 4. The van der Waals surface area contributed by atoms with Gasteiger partial charge in [0, 0.05) is 12.2 Å². The van der Waals surface area contributed by atoms with Crippen LogP contribution in [0, 0.1) is 0 Å². The fourth-order valence-electron chi connectivity index (χ4n) is 1.25. The van der Waals surface area contributed by atoms with Crippen molar-refractivity contribution in [3.05, 3.63) is 24.3 Å². The van der Waals surface area contributed by atoms with Crippen LogP contribution in [0.1, 0.15) is 6.42 Å². The van der Waals surface area contributed by atoms with Gasteiger partial charge in [-0.05, 0) is 37.2 Å². The second-order valence-electron chi connectivity index (χ2n) is 3.74. The van der Waals surface area contributed by atoms with E-state index >= 15 is 0 Å². The highest BCUT2D eigenvalue weighted by atomic mass is 16.5. The molecule has 0 aromatic heterocycles. The molecule has 1 rings (SSSR count). The van der Waals surface area contributed by atoms with E-state index in [2.05, 4.69) is 5.32 Å². The van der Waals surface area contributed by atoms with Gasteiger partial charge < -0.3 is 26.0 Å². The number of aliphatic hydroxyl groups is 2. The molecule has 1 aromatic rings. The Hall–Kier alpha value is -1.30. The summed E-state index contributed by atoms with van der Waals surface area (Å²) in [5.74, 6) is 0.668. The van der Waals surface area contributed by atoms with E-state index in [9.17, 15) is 0 Å². The summed E-state index contributed by atoms with van der Waals surface area (Å²) < 4.78 is 5.28. The van der Waals surface area contributed by atoms with Crippen LogP contribution in [-0.4, -0.2) is 42.6 Å². The maximum Gasteiger partial charge on any atom is 0.119 e. The second-order valence-corrected chi connectivity index (χ2v) is 3.74. The molecule has 0 saturated heterocycles. The smallest absolute Gasteiger partial charge is 0.119 e. The van der Waals surface area contributed by atoms with Crippen molar-refractivity contribution < 1.29 is 14.9 Å². The minimum atomic E-state index is -0.836. The van der Waals surface area contributed by atoms with Crippen molar-refractivity contribution in [2.24, 2.45) is 5.73 Å². The van der Waals surface area contributed by atoms with E-state index in [1.807, 2.05) is 24.3 Å². The molecule has 0 amide bonds. The first-order valence-electron chi connectivity index (χ1n) is 5.72. The van der Waals surface area contributed by atoms with Crippen LogP contribution in [0.4, 0.5) is 5.69 Å². The van der Waals surface area contributed by atoms with Gasteiger partial charge in [0.2, 0.25) is 0 Å². The molecule has 1 atom stereocenters. The lowest BCUT2D eigenvalue weighted by Gasteiger charge is -2.10. The van der Waals surface area contributed by atoms with E-state index in [1.165, 1.54) is 0 Å². The molecule has 96 valence electrons. The summed E-state index contributed by atoms with van der Waals surface area (Å²) in [6, 6.07) is 7.43. The van der Waals surface area contributed by atoms with Gasteiger partial charge in [-0.15, -0.1) is 0 Å². The number of aliphatic hydroxyl groups excluding tert-OH is 2. The molecular formula is C12H20N2O3. The lowest BCUT2D eigenvalue weighted by molar-refractivity contribution is 0.0536. The standard InChI is InChI=1S/C12H20N2O3/c13-6-1-7-14-10-2-4-12(5-3-10)17-9-11(16)8-15/h2-5,11,14-16H,1,6-9,13H2. The van der Waals surface area contributed by atoms with Crippen LogP contribution in [-0.2, 0) is 0 Å². The minimum absolute atomic E-state index is 0.0937. The Morgan fingerprint density at radius 1 is 1.29 bits per heavy atom. The van der Waals surface area contributed by atoms with Crippen LogP contribution < -0.4 is 15.8 Å². The predicted octanol–water partition coefficient (Wildman–Crippen LogP) is 0.179. The molecule has 0 heterocycles. The molecule has 5 heteroatoms. The van der Waals surface area contributed by atoms with Gasteiger partial charge in [-0.3, -0.25) is 0 Å². The summed E-state index contributed by atoms with van der Waals surface area (Å²) >= 11 is 0. The molecule has 0 aliphatic heterocycles. The summed E-state index contributed by atoms with van der Waals surface area (Å²) in [5, 5.41) is 21.0. The highest BCUT2D eigenvalue weighted by molar-refractivity contribution is 5.46. The van der Waals surface area contributed by atoms with Crippen LogP contribution in [0.2, 0.25) is 0 Å². The molecule has 0 bridgehead atoms. The van der Waals surface area contributed by atoms with Gasteiger partial charge in [-0.1, -0.05) is 0 Å². The van der Waals surface area contributed by atoms with Crippen LogP contribution in [0.5, 0.6) is 5.75 Å². The van der Waals surface area contributed by atoms with Crippen LogP contribution in [0.15, 0.2) is 24.3 Å². The van der Waals surface area contributed by atoms with Crippen molar-refractivity contribution in [1.82, 2.24) is 0 Å². The minimum Gasteiger partial charge on any atom is -0.491 e. The quantitative estimate of drug-likeness (QED) is 0.487. The molecule has 1 aromatic carbocycles. The molecule has 0 saturated carbocycles. The Morgan fingerprint density at radius 2 is 2.00 bits per heavy atom. The summed E-state index contributed by atoms with van der Waals surface area (Å²) in [5.41, 5.74) is 6.40. The summed E-state index contributed by atoms with van der Waals surface area (Å²) in [6.07, 6.45) is 0.0957. The highest BCUT2D eigenvalue weighted by Gasteiger charge is 2.02. The molecule has 0 spiro atoms. The molecule has 0 aliphatic carbocycles. The number of rotatable bonds is 8. The average Bonchev–Trinajstić information content (AvgIpc) is 2.37. The molecule has 0 aliphatic rings. The maximum absolute atomic E-state index is 9.12. The number of ether oxygens (including phenoxy) is 1. The monoisotopic (exact) mass is 240 g/mol. The maximum atomic E-state index is 9.12. The number of nitrogens with two attached hydrogens (primary N) is 1. The fourth-order valence-corrected chi connectivity index (χ4v) is 1.25. The molecule has 5 nitrogen and oxygen atoms in total. The van der Waals surface area contributed by atoms with E-state index in [0.29, 0.717) is 12.3 Å². The third kappa shape index (κ3) is 5.53. The average molecular weight is 240 g/mol. The van der Waals surface area contributed by atoms with Crippen molar-refractivity contribution in [1.29, 1.82) is 0 Å². The first-order valence-corrected chi connectivity index (χ1v) is 5.72. The molecule has 5 N–H and O–H groups in total. The lowest BCUT2D eigenvalue weighted by Crippen LogP contribution is -2.21. The number of hydrogen-bond acceptors (Lipinski definition) is 5. The first-order chi connectivity index (χ1) is 8.26. The molecular weight excluding hydrogens is 220 g/mol. The normalized spacial score (nSPS) is 12.2. The van der Waals surface area contributed by atoms with E-state index in [0.717, 1.165) is 18.7 Å². The SMILES string of the molecule is NCCCNc1ccc(OCC(O)CO)cc1. The Morgan fingerprint density at radius 3 is 2.59 bits per heavy atom. The largest absolute Gasteiger partial charge is 0.491 e. The van der Waals surface area contributed by atoms with Gasteiger partial charge >= 0.3 is 0 Å². The van der Waals surface area contributed by atoms with E-state index in [-0.39, 0.29) is 13.2 Å². The van der Waals surface area contributed by atoms with E-state index in [4.69, 9.17) is 20.7 Å². The third-order valence-electron chi connectivity index (χ3n) is 2.22. The topological polar surface area (TPSA) is 87.7 Å². The molecule has 17 heavy (non-hydrogen) atoms. The van der Waals surface area contributed by atoms with E-state index in [1.54, 1.807) is 0 Å². The number of nitrogens with one attached hydrogen (secondary N) is 1. The summed E-state index contributed by atoms with van der Waals surface area (Å²) in [6.45, 7) is 1.32. The van der Waals surface area contributed by atoms with Gasteiger partial charge in [-0.25, -0.2) is 0 Å². The first kappa shape index (κ1) is 13.8. The number of anilines is 1. The fraction of sp³-hybridized carbons (Fsp3) is 0.500. The Labute approximate surface area is 101 Å². The van der Waals surface area contributed by atoms with Crippen molar-refractivity contribution >= 4 is 5.69 Å². The lowest BCUT2D eigenvalue weighted by atomic mass is 10.3. The Balaban J connectivity index is 2.34. The van der Waals surface area contributed by atoms with Crippen LogP contribution in [0.25, 0.3) is 0 Å². The zero-order valence-electron chi connectivity index (χ0n) is 9.80. The second kappa shape index (κ2) is 7.89. The molecule has 0 radical (unpaired) electrons. The van der Waals surface area contributed by atoms with Crippen molar-refractivity contribution in [3.8, 4) is 5.75 Å². The molecule has 1 unspecified atom stereocenters. The van der Waals surface area contributed by atoms with Crippen LogP contribution >= 0.6 is 0 Å². The summed E-state index contributed by atoms with van der Waals surface area (Å²) in [7, 11) is 0. The van der Waals surface area contributed by atoms with Crippen molar-refractivity contribution in [3.63, 3.8) is 0 Å². The highest BCUT2D eigenvalue weighted by Crippen LogP contribution is 2.15. The zero-order valence-corrected chi connectivity index (χ0v) is 9.80. The van der Waals surface area contributed by atoms with Gasteiger partial charge in [-0.2, -0.15) is 0 Å². The van der Waals surface area contributed by atoms with Crippen molar-refractivity contribution in [2.75, 3.05) is 31.6 Å². The Kier molecular flexibility index (Phi) is 6.39. The zero-order chi connectivity index (χ0) is 12.5. The van der Waals surface area contributed by atoms with Gasteiger partial charge in [0.05, 0.1) is 6.61 Å². The predicted molar refractivity (Wildman–Crippen MR) is 67.2 cm³/mol. The van der Waals surface area contributed by atoms with Gasteiger partial charge in [0.25, 0.3) is 0 Å². The number of benzene rings is 1. The summed E-state index contributed by atoms with van der Waals surface area (Å²) in [4.78, 5) is 0. The van der Waals surface area contributed by atoms with Crippen LogP contribution in [0.3, 0.4) is 0 Å². The molecule has 0 fully saturated rings. The Bertz CT molecular complexity index is 303. The van der Waals surface area contributed by atoms with Crippen molar-refractivity contribution in [2.45, 2.75) is 12.5 Å². The van der Waals surface area contributed by atoms with E-state index < -0.39 is 6.10 Å². The van der Waals surface area contributed by atoms with Gasteiger partial charge in [0.1, 0.15) is 18.5 Å².